The Balaban J connectivity index is 2.56. The summed E-state index contributed by atoms with van der Waals surface area (Å²) in [5, 5.41) is 19.8. The number of aliphatic hydroxyl groups is 2. The van der Waals surface area contributed by atoms with Crippen molar-refractivity contribution in [3.05, 3.63) is 12.2 Å². The minimum Gasteiger partial charge on any atom is -0.392 e. The van der Waals surface area contributed by atoms with Crippen LogP contribution in [0.2, 0.25) is 0 Å². The first-order valence-electron chi connectivity index (χ1n) is 6.60. The third kappa shape index (κ3) is 4.29. The van der Waals surface area contributed by atoms with Gasteiger partial charge in [0, 0.05) is 18.8 Å². The molecule has 0 saturated heterocycles. The van der Waals surface area contributed by atoms with Crippen molar-refractivity contribution in [2.75, 3.05) is 0 Å². The van der Waals surface area contributed by atoms with E-state index in [2.05, 4.69) is 12.8 Å². The molecule has 3 atom stereocenters. The number of carbonyl (C=O) groups is 1. The van der Waals surface area contributed by atoms with Gasteiger partial charge < -0.3 is 10.2 Å². The molecule has 0 unspecified atom stereocenters. The highest BCUT2D eigenvalue weighted by Crippen LogP contribution is 2.26. The van der Waals surface area contributed by atoms with E-state index >= 15 is 0 Å². The van der Waals surface area contributed by atoms with Crippen LogP contribution in [0.1, 0.15) is 45.4 Å². The lowest BCUT2D eigenvalue weighted by Crippen LogP contribution is -2.24. The molecule has 0 aromatic carbocycles. The highest BCUT2D eigenvalue weighted by Gasteiger charge is 2.30. The molecule has 0 bridgehead atoms. The zero-order valence-corrected chi connectivity index (χ0v) is 10.9. The molecule has 1 aliphatic rings. The lowest BCUT2D eigenvalue weighted by atomic mass is 9.94. The molecule has 1 saturated carbocycles. The van der Waals surface area contributed by atoms with Gasteiger partial charge in [0.15, 0.2) is 0 Å². The van der Waals surface area contributed by atoms with Gasteiger partial charge in [0.1, 0.15) is 11.4 Å². The second-order valence-electron chi connectivity index (χ2n) is 5.06. The number of aliphatic hydroxyl groups excluding tert-OH is 1. The molecule has 0 aliphatic heterocycles. The molecule has 3 heteroatoms. The van der Waals surface area contributed by atoms with Gasteiger partial charge in [-0.05, 0) is 18.9 Å². The maximum absolute atomic E-state index is 11.2. The van der Waals surface area contributed by atoms with Crippen molar-refractivity contribution >= 4 is 5.78 Å². The number of unbranched alkanes of at least 4 members (excludes halogenated alkanes) is 2. The van der Waals surface area contributed by atoms with E-state index in [1.165, 1.54) is 0 Å². The minimum absolute atomic E-state index is 0.0624. The number of hydrogen-bond acceptors (Lipinski definition) is 3. The minimum atomic E-state index is -1.25. The van der Waals surface area contributed by atoms with E-state index in [-0.39, 0.29) is 18.1 Å². The van der Waals surface area contributed by atoms with Gasteiger partial charge >= 0.3 is 0 Å². The summed E-state index contributed by atoms with van der Waals surface area (Å²) in [5.74, 6) is 2.25. The monoisotopic (exact) mass is 250 g/mol. The van der Waals surface area contributed by atoms with Gasteiger partial charge in [0.05, 0.1) is 6.10 Å². The molecule has 0 heterocycles. The zero-order valence-electron chi connectivity index (χ0n) is 10.9. The van der Waals surface area contributed by atoms with Crippen LogP contribution in [0.5, 0.6) is 0 Å². The quantitative estimate of drug-likeness (QED) is 0.429. The van der Waals surface area contributed by atoms with E-state index < -0.39 is 11.7 Å². The lowest BCUT2D eigenvalue weighted by molar-refractivity contribution is -0.117. The van der Waals surface area contributed by atoms with E-state index in [1.807, 2.05) is 0 Å². The Morgan fingerprint density at radius 1 is 1.50 bits per heavy atom. The van der Waals surface area contributed by atoms with Crippen LogP contribution in [0.4, 0.5) is 0 Å². The third-order valence-corrected chi connectivity index (χ3v) is 3.42. The molecule has 1 aliphatic carbocycles. The predicted molar refractivity (Wildman–Crippen MR) is 70.8 cm³/mol. The molecule has 0 radical (unpaired) electrons. The summed E-state index contributed by atoms with van der Waals surface area (Å²) in [5.41, 5.74) is -1.25. The van der Waals surface area contributed by atoms with Crippen LogP contribution in [0.15, 0.2) is 12.2 Å². The summed E-state index contributed by atoms with van der Waals surface area (Å²) < 4.78 is 0. The van der Waals surface area contributed by atoms with Crippen LogP contribution in [0, 0.1) is 18.3 Å². The van der Waals surface area contributed by atoms with Crippen molar-refractivity contribution in [3.8, 4) is 12.3 Å². The number of Topliss-reactive ketones (excluding diaryl/α,β-unsaturated/α-hetero) is 1. The van der Waals surface area contributed by atoms with Gasteiger partial charge in [-0.3, -0.25) is 4.79 Å². The van der Waals surface area contributed by atoms with Gasteiger partial charge in [-0.2, -0.15) is 0 Å². The summed E-state index contributed by atoms with van der Waals surface area (Å²) in [7, 11) is 0. The molecule has 1 rings (SSSR count). The van der Waals surface area contributed by atoms with Crippen LogP contribution in [0.25, 0.3) is 0 Å². The molecule has 3 nitrogen and oxygen atoms in total. The zero-order chi connectivity index (χ0) is 13.6. The summed E-state index contributed by atoms with van der Waals surface area (Å²) in [4.78, 5) is 11.2. The highest BCUT2D eigenvalue weighted by molar-refractivity contribution is 5.81. The molecule has 2 N–H and O–H groups in total. The van der Waals surface area contributed by atoms with Crippen molar-refractivity contribution in [1.82, 2.24) is 0 Å². The van der Waals surface area contributed by atoms with Crippen molar-refractivity contribution in [3.63, 3.8) is 0 Å². The van der Waals surface area contributed by atoms with Gasteiger partial charge in [-0.25, -0.2) is 0 Å². The fraction of sp³-hybridized carbons (Fsp3) is 0.667. The Bertz CT molecular complexity index is 353. The summed E-state index contributed by atoms with van der Waals surface area (Å²) in [6.07, 6.45) is 12.0. The van der Waals surface area contributed by atoms with Gasteiger partial charge in [-0.1, -0.05) is 31.8 Å². The molecular weight excluding hydrogens is 228 g/mol. The average molecular weight is 250 g/mol. The number of terminal acetylenes is 1. The Kier molecular flexibility index (Phi) is 5.58. The summed E-state index contributed by atoms with van der Waals surface area (Å²) >= 11 is 0. The second kappa shape index (κ2) is 6.72. The molecule has 18 heavy (non-hydrogen) atoms. The fourth-order valence-corrected chi connectivity index (χ4v) is 2.19. The normalized spacial score (nSPS) is 27.3. The standard InChI is InChI=1S/C15H22O3/c1-3-5-6-8-15(18,4-2)9-7-12-10-13(16)11-14(12)17/h2,7,9,12,14,17-18H,3,5-6,8,10-11H2,1H3/t12-,14-,15+/m1/s1. The maximum atomic E-state index is 11.2. The van der Waals surface area contributed by atoms with E-state index in [0.29, 0.717) is 12.8 Å². The smallest absolute Gasteiger partial charge is 0.143 e. The molecule has 100 valence electrons. The second-order valence-corrected chi connectivity index (χ2v) is 5.06. The first kappa shape index (κ1) is 14.9. The Morgan fingerprint density at radius 3 is 2.72 bits per heavy atom. The van der Waals surface area contributed by atoms with Crippen LogP contribution in [-0.4, -0.2) is 27.7 Å². The fourth-order valence-electron chi connectivity index (χ4n) is 2.19. The van der Waals surface area contributed by atoms with Crippen LogP contribution in [0.3, 0.4) is 0 Å². The summed E-state index contributed by atoms with van der Waals surface area (Å²) in [6, 6.07) is 0. The Labute approximate surface area is 109 Å². The van der Waals surface area contributed by atoms with E-state index in [1.54, 1.807) is 12.2 Å². The van der Waals surface area contributed by atoms with E-state index in [9.17, 15) is 15.0 Å². The summed E-state index contributed by atoms with van der Waals surface area (Å²) in [6.45, 7) is 2.09. The Hall–Kier alpha value is -1.11. The lowest BCUT2D eigenvalue weighted by Gasteiger charge is -2.19. The van der Waals surface area contributed by atoms with Crippen molar-refractivity contribution in [2.45, 2.75) is 57.2 Å². The first-order chi connectivity index (χ1) is 8.50. The Morgan fingerprint density at radius 2 is 2.22 bits per heavy atom. The SMILES string of the molecule is C#C[C@@](O)(C=C[C@@H]1CC(=O)C[C@H]1O)CCCCC. The van der Waals surface area contributed by atoms with Gasteiger partial charge in [0.25, 0.3) is 0 Å². The van der Waals surface area contributed by atoms with Crippen LogP contribution < -0.4 is 0 Å². The molecule has 0 amide bonds. The molecule has 0 spiro atoms. The van der Waals surface area contributed by atoms with Crippen LogP contribution in [-0.2, 0) is 4.79 Å². The highest BCUT2D eigenvalue weighted by atomic mass is 16.3. The molecular formula is C15H22O3. The molecule has 0 aromatic heterocycles. The van der Waals surface area contributed by atoms with Crippen molar-refractivity contribution in [1.29, 1.82) is 0 Å². The number of rotatable bonds is 6. The van der Waals surface area contributed by atoms with E-state index in [4.69, 9.17) is 6.42 Å². The largest absolute Gasteiger partial charge is 0.392 e. The molecule has 1 fully saturated rings. The molecule has 0 aromatic rings. The topological polar surface area (TPSA) is 57.5 Å². The number of carbonyl (C=O) groups excluding carboxylic acids is 1. The van der Waals surface area contributed by atoms with Crippen molar-refractivity contribution < 1.29 is 15.0 Å². The van der Waals surface area contributed by atoms with Gasteiger partial charge in [-0.15, -0.1) is 6.42 Å². The van der Waals surface area contributed by atoms with Crippen molar-refractivity contribution in [2.24, 2.45) is 5.92 Å². The first-order valence-corrected chi connectivity index (χ1v) is 6.60. The third-order valence-electron chi connectivity index (χ3n) is 3.42. The van der Waals surface area contributed by atoms with Gasteiger partial charge in [0.2, 0.25) is 0 Å². The predicted octanol–water partition coefficient (Wildman–Crippen LogP) is 1.83. The van der Waals surface area contributed by atoms with E-state index in [0.717, 1.165) is 19.3 Å². The van der Waals surface area contributed by atoms with Crippen LogP contribution >= 0.6 is 0 Å². The maximum Gasteiger partial charge on any atom is 0.143 e. The average Bonchev–Trinajstić information content (AvgIpc) is 2.66. The number of hydrogen-bond donors (Lipinski definition) is 2. The number of ketones is 1.